The number of rotatable bonds is 7. The van der Waals surface area contributed by atoms with E-state index in [2.05, 4.69) is 34.9 Å². The van der Waals surface area contributed by atoms with Gasteiger partial charge in [0.1, 0.15) is 6.61 Å². The molecule has 0 aliphatic rings. The number of nitrogens with zero attached hydrogens (tertiary/aromatic N) is 1. The van der Waals surface area contributed by atoms with Gasteiger partial charge in [-0.2, -0.15) is 5.10 Å². The van der Waals surface area contributed by atoms with Gasteiger partial charge in [0.05, 0.1) is 13.3 Å². The SMILES string of the molecule is COc1cc(C=NNC(=O)Nc2ccccc2C)ccc1OCc1ccc(C)cc1. The Bertz CT molecular complexity index is 1030. The number of methoxy groups -OCH3 is 1. The Balaban J connectivity index is 1.57. The number of hydrazone groups is 1. The number of nitrogens with one attached hydrogen (secondary N) is 2. The lowest BCUT2D eigenvalue weighted by Crippen LogP contribution is -2.24. The summed E-state index contributed by atoms with van der Waals surface area (Å²) in [6, 6.07) is 20.8. The Morgan fingerprint density at radius 3 is 2.50 bits per heavy atom. The summed E-state index contributed by atoms with van der Waals surface area (Å²) in [7, 11) is 1.59. The lowest BCUT2D eigenvalue weighted by molar-refractivity contribution is 0.252. The Kier molecular flexibility index (Phi) is 7.05. The maximum absolute atomic E-state index is 12.0. The monoisotopic (exact) mass is 403 g/mol. The third kappa shape index (κ3) is 5.85. The van der Waals surface area contributed by atoms with Crippen molar-refractivity contribution in [2.75, 3.05) is 12.4 Å². The molecule has 154 valence electrons. The number of aryl methyl sites for hydroxylation is 2. The molecule has 3 aromatic rings. The van der Waals surface area contributed by atoms with Crippen molar-refractivity contribution in [3.63, 3.8) is 0 Å². The normalized spacial score (nSPS) is 10.6. The molecule has 0 atom stereocenters. The number of amides is 2. The highest BCUT2D eigenvalue weighted by molar-refractivity contribution is 5.91. The molecule has 0 unspecified atom stereocenters. The van der Waals surface area contributed by atoms with Gasteiger partial charge in [-0.25, -0.2) is 10.2 Å². The largest absolute Gasteiger partial charge is 0.493 e. The summed E-state index contributed by atoms with van der Waals surface area (Å²) in [5.74, 6) is 1.23. The van der Waals surface area contributed by atoms with Crippen molar-refractivity contribution < 1.29 is 14.3 Å². The zero-order valence-corrected chi connectivity index (χ0v) is 17.3. The standard InChI is InChI=1S/C24H25N3O3/c1-17-8-10-19(11-9-17)16-30-22-13-12-20(14-23(22)29-3)15-25-27-24(28)26-21-7-5-4-6-18(21)2/h4-15H,16H2,1-3H3,(H2,26,27,28). The van der Waals surface area contributed by atoms with Crippen LogP contribution >= 0.6 is 0 Å². The first-order valence-electron chi connectivity index (χ1n) is 9.57. The molecule has 0 saturated heterocycles. The second-order valence-corrected chi connectivity index (χ2v) is 6.82. The molecule has 0 spiro atoms. The van der Waals surface area contributed by atoms with Crippen molar-refractivity contribution in [2.45, 2.75) is 20.5 Å². The van der Waals surface area contributed by atoms with Crippen LogP contribution in [0.5, 0.6) is 11.5 Å². The van der Waals surface area contributed by atoms with E-state index in [1.165, 1.54) is 5.56 Å². The third-order valence-corrected chi connectivity index (χ3v) is 4.48. The number of para-hydroxylation sites is 1. The smallest absolute Gasteiger partial charge is 0.339 e. The summed E-state index contributed by atoms with van der Waals surface area (Å²) in [5.41, 5.74) is 7.23. The van der Waals surface area contributed by atoms with E-state index in [4.69, 9.17) is 9.47 Å². The van der Waals surface area contributed by atoms with Gasteiger partial charge in [-0.3, -0.25) is 0 Å². The van der Waals surface area contributed by atoms with E-state index < -0.39 is 6.03 Å². The number of anilines is 1. The predicted molar refractivity (Wildman–Crippen MR) is 119 cm³/mol. The van der Waals surface area contributed by atoms with Crippen molar-refractivity contribution in [2.24, 2.45) is 5.10 Å². The van der Waals surface area contributed by atoms with Crippen LogP contribution in [0.3, 0.4) is 0 Å². The second-order valence-electron chi connectivity index (χ2n) is 6.82. The number of carbonyl (C=O) groups excluding carboxylic acids is 1. The molecule has 0 saturated carbocycles. The number of ether oxygens (including phenoxy) is 2. The van der Waals surface area contributed by atoms with E-state index in [0.717, 1.165) is 22.4 Å². The first kappa shape index (κ1) is 20.9. The molecule has 0 radical (unpaired) electrons. The van der Waals surface area contributed by atoms with Crippen LogP contribution in [0.2, 0.25) is 0 Å². The average molecular weight is 403 g/mol. The molecule has 0 aliphatic heterocycles. The Hall–Kier alpha value is -3.80. The van der Waals surface area contributed by atoms with E-state index in [0.29, 0.717) is 18.1 Å². The molecular weight excluding hydrogens is 378 g/mol. The minimum absolute atomic E-state index is 0.412. The van der Waals surface area contributed by atoms with Crippen molar-refractivity contribution in [3.05, 3.63) is 89.0 Å². The van der Waals surface area contributed by atoms with Crippen LogP contribution in [-0.2, 0) is 6.61 Å². The first-order valence-corrected chi connectivity index (χ1v) is 9.57. The van der Waals surface area contributed by atoms with Crippen molar-refractivity contribution >= 4 is 17.9 Å². The van der Waals surface area contributed by atoms with Gasteiger partial charge in [0.2, 0.25) is 0 Å². The molecule has 6 nitrogen and oxygen atoms in total. The Labute approximate surface area is 176 Å². The van der Waals surface area contributed by atoms with Gasteiger partial charge >= 0.3 is 6.03 Å². The molecule has 3 aromatic carbocycles. The van der Waals surface area contributed by atoms with Crippen LogP contribution in [0, 0.1) is 13.8 Å². The number of hydrogen-bond acceptors (Lipinski definition) is 4. The van der Waals surface area contributed by atoms with Crippen LogP contribution in [0.25, 0.3) is 0 Å². The van der Waals surface area contributed by atoms with E-state index >= 15 is 0 Å². The molecule has 0 fully saturated rings. The van der Waals surface area contributed by atoms with Crippen molar-refractivity contribution in [1.29, 1.82) is 0 Å². The summed E-state index contributed by atoms with van der Waals surface area (Å²) in [5, 5.41) is 6.75. The molecule has 3 rings (SSSR count). The predicted octanol–water partition coefficient (Wildman–Crippen LogP) is 5.05. The molecule has 6 heteroatoms. The number of benzene rings is 3. The average Bonchev–Trinajstić information content (AvgIpc) is 2.75. The van der Waals surface area contributed by atoms with Crippen LogP contribution in [-0.4, -0.2) is 19.4 Å². The molecule has 0 heterocycles. The quantitative estimate of drug-likeness (QED) is 0.428. The zero-order chi connectivity index (χ0) is 21.3. The van der Waals surface area contributed by atoms with Gasteiger partial charge < -0.3 is 14.8 Å². The van der Waals surface area contributed by atoms with Crippen LogP contribution in [0.4, 0.5) is 10.5 Å². The summed E-state index contributed by atoms with van der Waals surface area (Å²) in [4.78, 5) is 12.0. The summed E-state index contributed by atoms with van der Waals surface area (Å²) >= 11 is 0. The number of urea groups is 1. The topological polar surface area (TPSA) is 72.0 Å². The number of carbonyl (C=O) groups is 1. The number of hydrogen-bond donors (Lipinski definition) is 2. The van der Waals surface area contributed by atoms with Crippen LogP contribution in [0.1, 0.15) is 22.3 Å². The van der Waals surface area contributed by atoms with Crippen LogP contribution < -0.4 is 20.2 Å². The van der Waals surface area contributed by atoms with Gasteiger partial charge in [0, 0.05) is 5.69 Å². The van der Waals surface area contributed by atoms with Gasteiger partial charge in [0.25, 0.3) is 0 Å². The minimum Gasteiger partial charge on any atom is -0.493 e. The molecule has 2 N–H and O–H groups in total. The minimum atomic E-state index is -0.412. The van der Waals surface area contributed by atoms with E-state index in [-0.39, 0.29) is 0 Å². The van der Waals surface area contributed by atoms with Crippen LogP contribution in [0.15, 0.2) is 71.8 Å². The first-order chi connectivity index (χ1) is 14.5. The lowest BCUT2D eigenvalue weighted by Gasteiger charge is -2.11. The van der Waals surface area contributed by atoms with E-state index in [9.17, 15) is 4.79 Å². The van der Waals surface area contributed by atoms with Gasteiger partial charge in [-0.15, -0.1) is 0 Å². The lowest BCUT2D eigenvalue weighted by atomic mass is 10.2. The molecule has 0 aliphatic carbocycles. The highest BCUT2D eigenvalue weighted by Crippen LogP contribution is 2.28. The maximum Gasteiger partial charge on any atom is 0.339 e. The fourth-order valence-electron chi connectivity index (χ4n) is 2.76. The maximum atomic E-state index is 12.0. The fourth-order valence-corrected chi connectivity index (χ4v) is 2.76. The molecular formula is C24H25N3O3. The Morgan fingerprint density at radius 1 is 1.00 bits per heavy atom. The second kappa shape index (κ2) is 10.1. The van der Waals surface area contributed by atoms with Crippen molar-refractivity contribution in [3.8, 4) is 11.5 Å². The summed E-state index contributed by atoms with van der Waals surface area (Å²) in [6.07, 6.45) is 1.55. The van der Waals surface area contributed by atoms with E-state index in [1.54, 1.807) is 19.4 Å². The summed E-state index contributed by atoms with van der Waals surface area (Å²) < 4.78 is 11.3. The fraction of sp³-hybridized carbons (Fsp3) is 0.167. The molecule has 2 amide bonds. The highest BCUT2D eigenvalue weighted by atomic mass is 16.5. The van der Waals surface area contributed by atoms with Crippen molar-refractivity contribution in [1.82, 2.24) is 5.43 Å². The Morgan fingerprint density at radius 2 is 1.77 bits per heavy atom. The molecule has 0 bridgehead atoms. The molecule has 30 heavy (non-hydrogen) atoms. The highest BCUT2D eigenvalue weighted by Gasteiger charge is 2.06. The summed E-state index contributed by atoms with van der Waals surface area (Å²) in [6.45, 7) is 4.42. The molecule has 0 aromatic heterocycles. The van der Waals surface area contributed by atoms with Gasteiger partial charge in [0.15, 0.2) is 11.5 Å². The van der Waals surface area contributed by atoms with Gasteiger partial charge in [-0.1, -0.05) is 48.0 Å². The third-order valence-electron chi connectivity index (χ3n) is 4.48. The van der Waals surface area contributed by atoms with Gasteiger partial charge in [-0.05, 0) is 54.8 Å². The van der Waals surface area contributed by atoms with E-state index in [1.807, 2.05) is 55.5 Å². The zero-order valence-electron chi connectivity index (χ0n) is 17.3.